The minimum Gasteiger partial charge on any atom is -0.393 e. The Hall–Kier alpha value is -0.860. The van der Waals surface area contributed by atoms with E-state index in [2.05, 4.69) is 4.74 Å². The maximum absolute atomic E-state index is 11.0. The lowest BCUT2D eigenvalue weighted by Crippen LogP contribution is -2.21. The molecule has 60 valence electrons. The molecular formula is C8H10O3. The average molecular weight is 154 g/mol. The molecular weight excluding hydrogens is 144 g/mol. The van der Waals surface area contributed by atoms with Crippen molar-refractivity contribution in [2.24, 2.45) is 11.8 Å². The summed E-state index contributed by atoms with van der Waals surface area (Å²) >= 11 is 0. The van der Waals surface area contributed by atoms with Crippen LogP contribution in [0.25, 0.3) is 0 Å². The van der Waals surface area contributed by atoms with Crippen molar-refractivity contribution >= 4 is 11.9 Å². The van der Waals surface area contributed by atoms with Crippen LogP contribution in [-0.4, -0.2) is 11.9 Å². The van der Waals surface area contributed by atoms with E-state index in [1.165, 1.54) is 0 Å². The van der Waals surface area contributed by atoms with Gasteiger partial charge >= 0.3 is 11.9 Å². The van der Waals surface area contributed by atoms with Crippen LogP contribution in [0.1, 0.15) is 25.7 Å². The van der Waals surface area contributed by atoms with Crippen molar-refractivity contribution in [3.63, 3.8) is 0 Å². The summed E-state index contributed by atoms with van der Waals surface area (Å²) in [5.74, 6) is -0.785. The second kappa shape index (κ2) is 2.32. The zero-order chi connectivity index (χ0) is 7.84. The fourth-order valence-corrected chi connectivity index (χ4v) is 1.95. The van der Waals surface area contributed by atoms with E-state index in [0.29, 0.717) is 0 Å². The van der Waals surface area contributed by atoms with Crippen molar-refractivity contribution in [2.75, 3.05) is 0 Å². The topological polar surface area (TPSA) is 43.4 Å². The Morgan fingerprint density at radius 3 is 1.91 bits per heavy atom. The molecule has 0 aromatic heterocycles. The number of carbonyl (C=O) groups is 2. The van der Waals surface area contributed by atoms with Gasteiger partial charge in [0.05, 0.1) is 11.8 Å². The summed E-state index contributed by atoms with van der Waals surface area (Å²) in [7, 11) is 0. The molecule has 2 fully saturated rings. The van der Waals surface area contributed by atoms with Gasteiger partial charge in [0.15, 0.2) is 0 Å². The first kappa shape index (κ1) is 6.83. The Morgan fingerprint density at radius 2 is 1.45 bits per heavy atom. The summed E-state index contributed by atoms with van der Waals surface area (Å²) in [6, 6.07) is 0. The van der Waals surface area contributed by atoms with Crippen molar-refractivity contribution in [1.82, 2.24) is 0 Å². The first-order chi connectivity index (χ1) is 5.29. The molecule has 0 aromatic carbocycles. The minimum atomic E-state index is -0.292. The Morgan fingerprint density at radius 1 is 1.00 bits per heavy atom. The van der Waals surface area contributed by atoms with Gasteiger partial charge in [-0.05, 0) is 12.8 Å². The van der Waals surface area contributed by atoms with E-state index in [1.807, 2.05) is 0 Å². The molecule has 1 aliphatic carbocycles. The maximum atomic E-state index is 11.0. The quantitative estimate of drug-likeness (QED) is 0.384. The highest BCUT2D eigenvalue weighted by atomic mass is 16.6. The molecule has 2 atom stereocenters. The molecule has 0 aromatic rings. The van der Waals surface area contributed by atoms with Gasteiger partial charge in [-0.3, -0.25) is 9.59 Å². The highest BCUT2D eigenvalue weighted by Crippen LogP contribution is 2.36. The summed E-state index contributed by atoms with van der Waals surface area (Å²) in [6.45, 7) is 0. The van der Waals surface area contributed by atoms with Crippen LogP contribution >= 0.6 is 0 Å². The molecule has 0 bridgehead atoms. The standard InChI is InChI=1S/C8H10O3/c9-7-5-3-1-2-4-6(5)8(10)11-7/h5-6H,1-4H2/t5-,6-/m0/s1. The molecule has 3 nitrogen and oxygen atoms in total. The van der Waals surface area contributed by atoms with Crippen molar-refractivity contribution in [3.05, 3.63) is 0 Å². The van der Waals surface area contributed by atoms with Crippen LogP contribution in [0.5, 0.6) is 0 Å². The monoisotopic (exact) mass is 154 g/mol. The van der Waals surface area contributed by atoms with Crippen LogP contribution in [0.15, 0.2) is 0 Å². The Kier molecular flexibility index (Phi) is 1.44. The SMILES string of the molecule is O=C1OC(=O)[C@H]2CCCC[C@H]12. The van der Waals surface area contributed by atoms with Crippen LogP contribution < -0.4 is 0 Å². The zero-order valence-electron chi connectivity index (χ0n) is 6.21. The van der Waals surface area contributed by atoms with E-state index in [0.717, 1.165) is 25.7 Å². The number of hydrogen-bond donors (Lipinski definition) is 0. The van der Waals surface area contributed by atoms with Crippen LogP contribution in [0.2, 0.25) is 0 Å². The molecule has 0 spiro atoms. The van der Waals surface area contributed by atoms with Crippen molar-refractivity contribution in [1.29, 1.82) is 0 Å². The van der Waals surface area contributed by atoms with Gasteiger partial charge in [-0.1, -0.05) is 12.8 Å². The van der Waals surface area contributed by atoms with E-state index in [9.17, 15) is 9.59 Å². The van der Waals surface area contributed by atoms with Crippen molar-refractivity contribution in [3.8, 4) is 0 Å². The number of ether oxygens (including phenoxy) is 1. The van der Waals surface area contributed by atoms with Gasteiger partial charge in [0.2, 0.25) is 0 Å². The number of fused-ring (bicyclic) bond motifs is 1. The van der Waals surface area contributed by atoms with E-state index in [-0.39, 0.29) is 23.8 Å². The molecule has 0 amide bonds. The lowest BCUT2D eigenvalue weighted by atomic mass is 9.81. The molecule has 1 aliphatic heterocycles. The van der Waals surface area contributed by atoms with Crippen LogP contribution in [0.3, 0.4) is 0 Å². The summed E-state index contributed by atoms with van der Waals surface area (Å²) < 4.78 is 4.53. The second-order valence-corrected chi connectivity index (χ2v) is 3.24. The Bertz CT molecular complexity index is 187. The maximum Gasteiger partial charge on any atom is 0.317 e. The lowest BCUT2D eigenvalue weighted by Gasteiger charge is -2.18. The fraction of sp³-hybridized carbons (Fsp3) is 0.750. The van der Waals surface area contributed by atoms with Gasteiger partial charge in [-0.25, -0.2) is 0 Å². The molecule has 3 heteroatoms. The summed E-state index contributed by atoms with van der Waals surface area (Å²) in [5.41, 5.74) is 0. The van der Waals surface area contributed by atoms with Gasteiger partial charge in [0.1, 0.15) is 0 Å². The predicted octanol–water partition coefficient (Wildman–Crippen LogP) is 0.876. The molecule has 0 N–H and O–H groups in total. The van der Waals surface area contributed by atoms with Gasteiger partial charge in [-0.15, -0.1) is 0 Å². The molecule has 1 heterocycles. The van der Waals surface area contributed by atoms with Crippen LogP contribution in [0.4, 0.5) is 0 Å². The number of rotatable bonds is 0. The average Bonchev–Trinajstić information content (AvgIpc) is 2.30. The number of hydrogen-bond acceptors (Lipinski definition) is 3. The summed E-state index contributed by atoms with van der Waals surface area (Å²) in [5, 5.41) is 0. The van der Waals surface area contributed by atoms with Crippen molar-refractivity contribution in [2.45, 2.75) is 25.7 Å². The molecule has 2 rings (SSSR count). The smallest absolute Gasteiger partial charge is 0.317 e. The molecule has 0 radical (unpaired) electrons. The second-order valence-electron chi connectivity index (χ2n) is 3.24. The third-order valence-electron chi connectivity index (χ3n) is 2.57. The van der Waals surface area contributed by atoms with Gasteiger partial charge in [-0.2, -0.15) is 0 Å². The van der Waals surface area contributed by atoms with E-state index in [1.54, 1.807) is 0 Å². The number of esters is 2. The third-order valence-corrected chi connectivity index (χ3v) is 2.57. The fourth-order valence-electron chi connectivity index (χ4n) is 1.95. The molecule has 11 heavy (non-hydrogen) atoms. The first-order valence-corrected chi connectivity index (χ1v) is 4.04. The van der Waals surface area contributed by atoms with E-state index < -0.39 is 0 Å². The first-order valence-electron chi connectivity index (χ1n) is 4.04. The zero-order valence-corrected chi connectivity index (χ0v) is 6.21. The molecule has 1 saturated carbocycles. The predicted molar refractivity (Wildman–Crippen MR) is 36.5 cm³/mol. The summed E-state index contributed by atoms with van der Waals surface area (Å²) in [4.78, 5) is 22.0. The van der Waals surface area contributed by atoms with Crippen molar-refractivity contribution < 1.29 is 14.3 Å². The minimum absolute atomic E-state index is 0.101. The van der Waals surface area contributed by atoms with Crippen LogP contribution in [-0.2, 0) is 14.3 Å². The highest BCUT2D eigenvalue weighted by molar-refractivity contribution is 5.96. The Labute approximate surface area is 64.7 Å². The number of carbonyl (C=O) groups excluding carboxylic acids is 2. The molecule has 2 aliphatic rings. The van der Waals surface area contributed by atoms with E-state index >= 15 is 0 Å². The molecule has 0 unspecified atom stereocenters. The third kappa shape index (κ3) is 0.951. The van der Waals surface area contributed by atoms with Crippen LogP contribution in [0, 0.1) is 11.8 Å². The van der Waals surface area contributed by atoms with Gasteiger partial charge in [0.25, 0.3) is 0 Å². The highest BCUT2D eigenvalue weighted by Gasteiger charge is 2.44. The van der Waals surface area contributed by atoms with Gasteiger partial charge < -0.3 is 4.74 Å². The number of cyclic esters (lactones) is 2. The largest absolute Gasteiger partial charge is 0.393 e. The lowest BCUT2D eigenvalue weighted by molar-refractivity contribution is -0.153. The normalized spacial score (nSPS) is 36.7. The summed E-state index contributed by atoms with van der Waals surface area (Å²) in [6.07, 6.45) is 3.80. The molecule has 1 saturated heterocycles. The van der Waals surface area contributed by atoms with Gasteiger partial charge in [0, 0.05) is 0 Å². The Balaban J connectivity index is 2.19. The van der Waals surface area contributed by atoms with E-state index in [4.69, 9.17) is 0 Å².